The Hall–Kier alpha value is -2.32. The molecule has 1 aliphatic heterocycles. The molecule has 1 aromatic heterocycles. The predicted molar refractivity (Wildman–Crippen MR) is 93.6 cm³/mol. The Labute approximate surface area is 142 Å². The van der Waals surface area contributed by atoms with Crippen LogP contribution in [-0.4, -0.2) is 22.4 Å². The monoisotopic (exact) mass is 321 g/mol. The van der Waals surface area contributed by atoms with Gasteiger partial charge in [0.2, 0.25) is 0 Å². The lowest BCUT2D eigenvalue weighted by Crippen LogP contribution is -2.28. The summed E-state index contributed by atoms with van der Waals surface area (Å²) in [5.41, 5.74) is 10.5. The van der Waals surface area contributed by atoms with E-state index in [0.29, 0.717) is 17.4 Å². The fourth-order valence-corrected chi connectivity index (χ4v) is 4.09. The van der Waals surface area contributed by atoms with Crippen LogP contribution in [0.4, 0.5) is 5.82 Å². The highest BCUT2D eigenvalue weighted by atomic mass is 15.3. The van der Waals surface area contributed by atoms with Gasteiger partial charge in [0.15, 0.2) is 0 Å². The molecular weight excluding hydrogens is 298 g/mol. The second-order valence-corrected chi connectivity index (χ2v) is 6.94. The first-order valence-corrected chi connectivity index (χ1v) is 8.82. The number of benzene rings is 1. The van der Waals surface area contributed by atoms with Crippen LogP contribution < -0.4 is 11.1 Å². The van der Waals surface area contributed by atoms with Crippen molar-refractivity contribution in [3.8, 4) is 6.07 Å². The fraction of sp³-hybridized carbons (Fsp3) is 0.474. The van der Waals surface area contributed by atoms with Crippen LogP contribution >= 0.6 is 0 Å². The SMILES string of the molecule is N#Cc1c(C2CCc3ccccc3C2)nn(C[C@@H]2CCCN2)c1N. The highest BCUT2D eigenvalue weighted by Crippen LogP contribution is 2.35. The maximum atomic E-state index is 9.60. The quantitative estimate of drug-likeness (QED) is 0.909. The molecular formula is C19H23N5. The van der Waals surface area contributed by atoms with E-state index in [1.807, 2.05) is 4.68 Å². The molecule has 1 fully saturated rings. The van der Waals surface area contributed by atoms with E-state index in [4.69, 9.17) is 10.8 Å². The number of aromatic nitrogens is 2. The van der Waals surface area contributed by atoms with E-state index in [-0.39, 0.29) is 5.92 Å². The molecule has 2 aliphatic rings. The summed E-state index contributed by atoms with van der Waals surface area (Å²) in [5.74, 6) is 0.815. The number of hydrogen-bond acceptors (Lipinski definition) is 4. The Kier molecular flexibility index (Phi) is 3.99. The molecule has 0 radical (unpaired) electrons. The molecule has 1 saturated heterocycles. The molecule has 1 aromatic carbocycles. The first kappa shape index (κ1) is 15.2. The van der Waals surface area contributed by atoms with Gasteiger partial charge >= 0.3 is 0 Å². The minimum absolute atomic E-state index is 0.287. The Morgan fingerprint density at radius 3 is 2.88 bits per heavy atom. The van der Waals surface area contributed by atoms with E-state index in [0.717, 1.165) is 44.5 Å². The fourth-order valence-electron chi connectivity index (χ4n) is 4.09. The third-order valence-corrected chi connectivity index (χ3v) is 5.42. The van der Waals surface area contributed by atoms with Gasteiger partial charge in [0.05, 0.1) is 12.2 Å². The second-order valence-electron chi connectivity index (χ2n) is 6.94. The van der Waals surface area contributed by atoms with Gasteiger partial charge in [-0.3, -0.25) is 0 Å². The number of anilines is 1. The van der Waals surface area contributed by atoms with E-state index in [2.05, 4.69) is 35.7 Å². The van der Waals surface area contributed by atoms with Crippen LogP contribution in [0.25, 0.3) is 0 Å². The zero-order valence-corrected chi connectivity index (χ0v) is 13.8. The summed E-state index contributed by atoms with van der Waals surface area (Å²) in [6, 6.07) is 11.3. The van der Waals surface area contributed by atoms with Gasteiger partial charge < -0.3 is 11.1 Å². The maximum Gasteiger partial charge on any atom is 0.140 e. The molecule has 2 aromatic rings. The number of nitrogens with two attached hydrogens (primary N) is 1. The van der Waals surface area contributed by atoms with Crippen molar-refractivity contribution >= 4 is 5.82 Å². The third kappa shape index (κ3) is 2.67. The van der Waals surface area contributed by atoms with Crippen molar-refractivity contribution in [2.45, 2.75) is 50.6 Å². The molecule has 1 aliphatic carbocycles. The second kappa shape index (κ2) is 6.29. The first-order chi connectivity index (χ1) is 11.8. The molecule has 0 spiro atoms. The highest BCUT2D eigenvalue weighted by molar-refractivity contribution is 5.53. The summed E-state index contributed by atoms with van der Waals surface area (Å²) < 4.78 is 1.84. The predicted octanol–water partition coefficient (Wildman–Crippen LogP) is 2.36. The zero-order valence-electron chi connectivity index (χ0n) is 13.8. The summed E-state index contributed by atoms with van der Waals surface area (Å²) >= 11 is 0. The highest BCUT2D eigenvalue weighted by Gasteiger charge is 2.28. The number of rotatable bonds is 3. The van der Waals surface area contributed by atoms with Gasteiger partial charge in [-0.2, -0.15) is 10.4 Å². The number of nitrogens with one attached hydrogen (secondary N) is 1. The van der Waals surface area contributed by atoms with E-state index in [1.165, 1.54) is 17.5 Å². The van der Waals surface area contributed by atoms with Crippen LogP contribution in [0, 0.1) is 11.3 Å². The van der Waals surface area contributed by atoms with E-state index in [1.54, 1.807) is 0 Å². The van der Waals surface area contributed by atoms with Crippen LogP contribution in [0.15, 0.2) is 24.3 Å². The lowest BCUT2D eigenvalue weighted by Gasteiger charge is -2.23. The normalized spacial score (nSPS) is 23.0. The van der Waals surface area contributed by atoms with Crippen LogP contribution in [0.3, 0.4) is 0 Å². The van der Waals surface area contributed by atoms with Crippen molar-refractivity contribution in [3.05, 3.63) is 46.6 Å². The number of nitrogen functional groups attached to an aromatic ring is 1. The molecule has 0 amide bonds. The Balaban J connectivity index is 1.62. The summed E-state index contributed by atoms with van der Waals surface area (Å²) in [6.07, 6.45) is 5.37. The number of nitriles is 1. The largest absolute Gasteiger partial charge is 0.383 e. The summed E-state index contributed by atoms with van der Waals surface area (Å²) in [5, 5.41) is 17.8. The van der Waals surface area contributed by atoms with Crippen molar-refractivity contribution in [1.29, 1.82) is 5.26 Å². The minimum atomic E-state index is 0.287. The standard InChI is InChI=1S/C19H23N5/c20-11-17-18(15-8-7-13-4-1-2-5-14(13)10-15)23-24(19(17)21)12-16-6-3-9-22-16/h1-2,4-5,15-16,22H,3,6-10,12,21H2/t15?,16-/m0/s1. The molecule has 124 valence electrons. The van der Waals surface area contributed by atoms with Crippen LogP contribution in [0.1, 0.15) is 47.6 Å². The summed E-state index contributed by atoms with van der Waals surface area (Å²) in [6.45, 7) is 1.81. The van der Waals surface area contributed by atoms with Gasteiger partial charge in [-0.15, -0.1) is 0 Å². The van der Waals surface area contributed by atoms with Crippen molar-refractivity contribution in [1.82, 2.24) is 15.1 Å². The number of nitrogens with zero attached hydrogens (tertiary/aromatic N) is 3. The average Bonchev–Trinajstić information content (AvgIpc) is 3.23. The Bertz CT molecular complexity index is 780. The van der Waals surface area contributed by atoms with Crippen LogP contribution in [0.5, 0.6) is 0 Å². The van der Waals surface area contributed by atoms with Gasteiger partial charge in [-0.1, -0.05) is 24.3 Å². The number of hydrogen-bond donors (Lipinski definition) is 2. The smallest absolute Gasteiger partial charge is 0.140 e. The Morgan fingerprint density at radius 2 is 2.12 bits per heavy atom. The average molecular weight is 321 g/mol. The number of fused-ring (bicyclic) bond motifs is 1. The van der Waals surface area contributed by atoms with Crippen molar-refractivity contribution < 1.29 is 0 Å². The molecule has 0 bridgehead atoms. The molecule has 2 atom stereocenters. The third-order valence-electron chi connectivity index (χ3n) is 5.42. The van der Waals surface area contributed by atoms with Gasteiger partial charge in [0.25, 0.3) is 0 Å². The maximum absolute atomic E-state index is 9.60. The Morgan fingerprint density at radius 1 is 1.29 bits per heavy atom. The van der Waals surface area contributed by atoms with E-state index >= 15 is 0 Å². The first-order valence-electron chi connectivity index (χ1n) is 8.82. The summed E-state index contributed by atoms with van der Waals surface area (Å²) in [7, 11) is 0. The molecule has 4 rings (SSSR count). The zero-order chi connectivity index (χ0) is 16.5. The molecule has 3 N–H and O–H groups in total. The van der Waals surface area contributed by atoms with E-state index in [9.17, 15) is 5.26 Å². The molecule has 1 unspecified atom stereocenters. The van der Waals surface area contributed by atoms with Crippen LogP contribution in [0.2, 0.25) is 0 Å². The number of aryl methyl sites for hydroxylation is 1. The van der Waals surface area contributed by atoms with Crippen LogP contribution in [-0.2, 0) is 19.4 Å². The van der Waals surface area contributed by atoms with Gasteiger partial charge in [0, 0.05) is 12.0 Å². The van der Waals surface area contributed by atoms with Crippen molar-refractivity contribution in [2.75, 3.05) is 12.3 Å². The lowest BCUT2D eigenvalue weighted by molar-refractivity contribution is 0.469. The lowest BCUT2D eigenvalue weighted by atomic mass is 9.81. The van der Waals surface area contributed by atoms with Crippen molar-refractivity contribution in [2.24, 2.45) is 0 Å². The van der Waals surface area contributed by atoms with Gasteiger partial charge in [-0.05, 0) is 49.8 Å². The van der Waals surface area contributed by atoms with Gasteiger partial charge in [0.1, 0.15) is 17.5 Å². The molecule has 2 heterocycles. The molecule has 24 heavy (non-hydrogen) atoms. The molecule has 5 nitrogen and oxygen atoms in total. The minimum Gasteiger partial charge on any atom is -0.383 e. The van der Waals surface area contributed by atoms with Gasteiger partial charge in [-0.25, -0.2) is 4.68 Å². The molecule has 0 saturated carbocycles. The van der Waals surface area contributed by atoms with E-state index < -0.39 is 0 Å². The van der Waals surface area contributed by atoms with Crippen molar-refractivity contribution in [3.63, 3.8) is 0 Å². The topological polar surface area (TPSA) is 79.7 Å². The molecule has 5 heteroatoms. The summed E-state index contributed by atoms with van der Waals surface area (Å²) in [4.78, 5) is 0.